The molecule has 2 heterocycles. The molecule has 156 valence electrons. The molecule has 2 aromatic rings. The summed E-state index contributed by atoms with van der Waals surface area (Å²) in [7, 11) is -6.89. The van der Waals surface area contributed by atoms with Gasteiger partial charge >= 0.3 is 0 Å². The van der Waals surface area contributed by atoms with Crippen molar-refractivity contribution in [3.63, 3.8) is 0 Å². The first kappa shape index (κ1) is 21.4. The lowest BCUT2D eigenvalue weighted by Gasteiger charge is -2.16. The first-order valence-corrected chi connectivity index (χ1v) is 11.6. The van der Waals surface area contributed by atoms with Crippen molar-refractivity contribution in [2.75, 3.05) is 0 Å². The summed E-state index contributed by atoms with van der Waals surface area (Å²) in [5.41, 5.74) is -0.0199. The van der Waals surface area contributed by atoms with E-state index in [4.69, 9.17) is 0 Å². The second-order valence-corrected chi connectivity index (χ2v) is 11.2. The van der Waals surface area contributed by atoms with E-state index in [-0.39, 0.29) is 10.6 Å². The maximum absolute atomic E-state index is 11.7. The normalized spacial score (nSPS) is 21.4. The van der Waals surface area contributed by atoms with Crippen molar-refractivity contribution in [1.29, 1.82) is 0 Å². The van der Waals surface area contributed by atoms with E-state index in [2.05, 4.69) is 9.44 Å². The van der Waals surface area contributed by atoms with E-state index in [0.29, 0.717) is 10.5 Å². The molecule has 0 spiro atoms. The van der Waals surface area contributed by atoms with Gasteiger partial charge in [0.2, 0.25) is 20.0 Å². The van der Waals surface area contributed by atoms with Crippen LogP contribution in [-0.4, -0.2) is 21.8 Å². The van der Waals surface area contributed by atoms with Crippen molar-refractivity contribution < 1.29 is 21.8 Å². The van der Waals surface area contributed by atoms with Crippen molar-refractivity contribution in [2.24, 2.45) is 0 Å². The lowest BCUT2D eigenvalue weighted by atomic mass is 9.96. The first-order valence-electron chi connectivity index (χ1n) is 8.64. The molecule has 2 aromatic carbocycles. The van der Waals surface area contributed by atoms with Gasteiger partial charge < -0.3 is 0 Å². The molecule has 0 amide bonds. The highest BCUT2D eigenvalue weighted by Crippen LogP contribution is 2.37. The summed E-state index contributed by atoms with van der Waals surface area (Å²) in [6, 6.07) is 10.9. The minimum absolute atomic E-state index is 0.00769. The van der Waals surface area contributed by atoms with Crippen LogP contribution in [0.15, 0.2) is 52.3 Å². The zero-order chi connectivity index (χ0) is 21.8. The smallest absolute Gasteiger partial charge is 0.258 e. The lowest BCUT2D eigenvalue weighted by molar-refractivity contribution is -0.385. The molecule has 0 saturated carbocycles. The summed E-state index contributed by atoms with van der Waals surface area (Å²) in [6.45, 7) is 7.14. The Labute approximate surface area is 169 Å². The number of sulfonamides is 2. The van der Waals surface area contributed by atoms with Crippen LogP contribution in [0.25, 0.3) is 0 Å². The van der Waals surface area contributed by atoms with Gasteiger partial charge in [-0.2, -0.15) is 0 Å². The molecule has 2 aliphatic heterocycles. The molecule has 4 rings (SSSR count). The van der Waals surface area contributed by atoms with Crippen LogP contribution in [0.5, 0.6) is 0 Å². The molecule has 0 aliphatic carbocycles. The lowest BCUT2D eigenvalue weighted by Crippen LogP contribution is -2.32. The molecular formula is C18H21N3O6S2. The van der Waals surface area contributed by atoms with Crippen LogP contribution in [-0.2, 0) is 31.1 Å². The molecule has 0 aromatic heterocycles. The van der Waals surface area contributed by atoms with Crippen molar-refractivity contribution in [1.82, 2.24) is 9.44 Å². The third-order valence-electron chi connectivity index (χ3n) is 4.77. The average molecular weight is 440 g/mol. The van der Waals surface area contributed by atoms with Gasteiger partial charge in [-0.15, -0.1) is 0 Å². The number of non-ortho nitro benzene ring substituents is 1. The number of hydrogen-bond donors (Lipinski definition) is 2. The molecule has 0 bridgehead atoms. The van der Waals surface area contributed by atoms with Gasteiger partial charge in [0.25, 0.3) is 5.69 Å². The maximum Gasteiger partial charge on any atom is 0.270 e. The highest BCUT2D eigenvalue weighted by molar-refractivity contribution is 7.90. The van der Waals surface area contributed by atoms with E-state index in [0.717, 1.165) is 11.6 Å². The van der Waals surface area contributed by atoms with Crippen LogP contribution in [0.2, 0.25) is 0 Å². The molecule has 0 atom stereocenters. The number of benzene rings is 2. The predicted octanol–water partition coefficient (Wildman–Crippen LogP) is 2.34. The van der Waals surface area contributed by atoms with Gasteiger partial charge in [0.15, 0.2) is 0 Å². The zero-order valence-corrected chi connectivity index (χ0v) is 17.9. The number of rotatable bonds is 1. The summed E-state index contributed by atoms with van der Waals surface area (Å²) >= 11 is 0. The van der Waals surface area contributed by atoms with Crippen molar-refractivity contribution in [3.8, 4) is 0 Å². The van der Waals surface area contributed by atoms with Crippen LogP contribution < -0.4 is 9.44 Å². The van der Waals surface area contributed by atoms with E-state index >= 15 is 0 Å². The minimum Gasteiger partial charge on any atom is -0.258 e. The standard InChI is InChI=1S/C9H10N2O4S.C9H11NO2S/c1-9(2)7-4-3-6(11(12)13)5-8(7)16(14,15)10-9;1-9(2)7-5-3-4-6-8(7)13(11,12)10-9/h3-5,10H,1-2H3;3-6,10H,1-2H3. The Balaban J connectivity index is 0.000000169. The largest absolute Gasteiger partial charge is 0.270 e. The fourth-order valence-corrected chi connectivity index (χ4v) is 7.01. The molecule has 0 unspecified atom stereocenters. The summed E-state index contributed by atoms with van der Waals surface area (Å²) in [4.78, 5) is 10.3. The summed E-state index contributed by atoms with van der Waals surface area (Å²) in [5.74, 6) is 0. The zero-order valence-electron chi connectivity index (χ0n) is 16.3. The van der Waals surface area contributed by atoms with Crippen LogP contribution in [0.1, 0.15) is 38.8 Å². The molecule has 0 saturated heterocycles. The molecule has 11 heteroatoms. The SMILES string of the molecule is CC1(C)NS(=O)(=O)c2cc([N+](=O)[O-])ccc21.CC1(C)NS(=O)(=O)c2ccccc21. The number of hydrogen-bond acceptors (Lipinski definition) is 6. The fourth-order valence-electron chi connectivity index (χ4n) is 3.47. The Morgan fingerprint density at radius 3 is 1.79 bits per heavy atom. The van der Waals surface area contributed by atoms with Crippen molar-refractivity contribution in [2.45, 2.75) is 48.6 Å². The highest BCUT2D eigenvalue weighted by atomic mass is 32.2. The maximum atomic E-state index is 11.7. The van der Waals surface area contributed by atoms with Crippen molar-refractivity contribution in [3.05, 3.63) is 63.7 Å². The Hall–Kier alpha value is -2.34. The number of nitro groups is 1. The van der Waals surface area contributed by atoms with E-state index in [9.17, 15) is 26.9 Å². The van der Waals surface area contributed by atoms with Crippen LogP contribution in [0.4, 0.5) is 5.69 Å². The Morgan fingerprint density at radius 1 is 0.793 bits per heavy atom. The second kappa shape index (κ2) is 6.59. The minimum atomic E-state index is -3.62. The van der Waals surface area contributed by atoms with Gasteiger partial charge in [0, 0.05) is 12.1 Å². The molecule has 2 N–H and O–H groups in total. The molecule has 9 nitrogen and oxygen atoms in total. The van der Waals surface area contributed by atoms with Gasteiger partial charge in [-0.3, -0.25) is 10.1 Å². The third kappa shape index (κ3) is 3.78. The Bertz CT molecular complexity index is 1220. The fraction of sp³-hybridized carbons (Fsp3) is 0.333. The molecule has 29 heavy (non-hydrogen) atoms. The van der Waals surface area contributed by atoms with Crippen LogP contribution in [0.3, 0.4) is 0 Å². The third-order valence-corrected chi connectivity index (χ3v) is 8.18. The van der Waals surface area contributed by atoms with Crippen molar-refractivity contribution >= 4 is 25.7 Å². The van der Waals surface area contributed by atoms with E-state index in [1.165, 1.54) is 12.1 Å². The molecule has 0 fully saturated rings. The summed E-state index contributed by atoms with van der Waals surface area (Å²) in [6.07, 6.45) is 0. The van der Waals surface area contributed by atoms with E-state index in [1.54, 1.807) is 26.0 Å². The topological polar surface area (TPSA) is 135 Å². The van der Waals surface area contributed by atoms with Gasteiger partial charge in [-0.1, -0.05) is 18.2 Å². The van der Waals surface area contributed by atoms with Crippen LogP contribution >= 0.6 is 0 Å². The Morgan fingerprint density at radius 2 is 1.28 bits per heavy atom. The molecular weight excluding hydrogens is 418 g/mol. The number of nitro benzene ring substituents is 1. The monoisotopic (exact) mass is 439 g/mol. The summed E-state index contributed by atoms with van der Waals surface area (Å²) in [5, 5.41) is 10.6. The highest BCUT2D eigenvalue weighted by Gasteiger charge is 2.41. The number of nitrogens with one attached hydrogen (secondary N) is 2. The predicted molar refractivity (Wildman–Crippen MR) is 106 cm³/mol. The first-order chi connectivity index (χ1) is 13.2. The Kier molecular flexibility index (Phi) is 4.86. The van der Waals surface area contributed by atoms with E-state index in [1.807, 2.05) is 26.0 Å². The van der Waals surface area contributed by atoms with Gasteiger partial charge in [-0.25, -0.2) is 26.3 Å². The van der Waals surface area contributed by atoms with Gasteiger partial charge in [0.05, 0.1) is 25.8 Å². The number of nitrogens with zero attached hydrogens (tertiary/aromatic N) is 1. The number of fused-ring (bicyclic) bond motifs is 2. The van der Waals surface area contributed by atoms with Crippen LogP contribution in [0, 0.1) is 10.1 Å². The summed E-state index contributed by atoms with van der Waals surface area (Å²) < 4.78 is 51.6. The van der Waals surface area contributed by atoms with Gasteiger partial charge in [0.1, 0.15) is 0 Å². The van der Waals surface area contributed by atoms with E-state index < -0.39 is 36.0 Å². The molecule has 2 aliphatic rings. The van der Waals surface area contributed by atoms with Gasteiger partial charge in [-0.05, 0) is 51.0 Å². The molecule has 0 radical (unpaired) electrons. The second-order valence-electron chi connectivity index (χ2n) is 7.89. The quantitative estimate of drug-likeness (QED) is 0.517. The average Bonchev–Trinajstić information content (AvgIpc) is 2.90.